The zero-order valence-corrected chi connectivity index (χ0v) is 14.6. The number of hydrogen-bond donors (Lipinski definition) is 1. The quantitative estimate of drug-likeness (QED) is 0.775. The summed E-state index contributed by atoms with van der Waals surface area (Å²) in [6, 6.07) is 4.74. The minimum Gasteiger partial charge on any atom is -0.361 e. The van der Waals surface area contributed by atoms with Gasteiger partial charge in [0.05, 0.1) is 11.7 Å². The van der Waals surface area contributed by atoms with Crippen LogP contribution in [0.5, 0.6) is 0 Å². The fourth-order valence-electron chi connectivity index (χ4n) is 3.52. The average molecular weight is 355 g/mol. The van der Waals surface area contributed by atoms with Gasteiger partial charge in [0.2, 0.25) is 0 Å². The fourth-order valence-corrected chi connectivity index (χ4v) is 3.52. The zero-order chi connectivity index (χ0) is 18.1. The molecule has 3 aromatic heterocycles. The number of fused-ring (bicyclic) bond motifs is 1. The monoisotopic (exact) mass is 355 g/mol. The maximum absolute atomic E-state index is 13.0. The van der Waals surface area contributed by atoms with E-state index in [1.165, 1.54) is 10.6 Å². The molecule has 1 saturated heterocycles. The van der Waals surface area contributed by atoms with Crippen LogP contribution in [0.25, 0.3) is 5.65 Å². The van der Waals surface area contributed by atoms with E-state index >= 15 is 0 Å². The highest BCUT2D eigenvalue weighted by atomic mass is 16.5. The van der Waals surface area contributed by atoms with Crippen molar-refractivity contribution in [2.45, 2.75) is 45.1 Å². The second-order valence-electron chi connectivity index (χ2n) is 6.61. The molecule has 1 atom stereocenters. The highest BCUT2D eigenvalue weighted by Gasteiger charge is 2.31. The van der Waals surface area contributed by atoms with Gasteiger partial charge in [-0.1, -0.05) is 12.1 Å². The van der Waals surface area contributed by atoms with Crippen LogP contribution in [0.15, 0.2) is 33.7 Å². The van der Waals surface area contributed by atoms with Gasteiger partial charge in [0.15, 0.2) is 11.3 Å². The Hall–Kier alpha value is -2.90. The lowest BCUT2D eigenvalue weighted by Gasteiger charge is -2.34. The largest absolute Gasteiger partial charge is 0.361 e. The van der Waals surface area contributed by atoms with Gasteiger partial charge < -0.3 is 9.42 Å². The molecule has 26 heavy (non-hydrogen) atoms. The number of piperidine rings is 1. The summed E-state index contributed by atoms with van der Waals surface area (Å²) in [7, 11) is 0. The lowest BCUT2D eigenvalue weighted by molar-refractivity contribution is 0.0595. The maximum atomic E-state index is 13.0. The van der Waals surface area contributed by atoms with E-state index in [4.69, 9.17) is 4.52 Å². The number of rotatable bonds is 4. The van der Waals surface area contributed by atoms with Crippen molar-refractivity contribution in [3.05, 3.63) is 51.9 Å². The van der Waals surface area contributed by atoms with Gasteiger partial charge in [0, 0.05) is 37.4 Å². The van der Waals surface area contributed by atoms with Gasteiger partial charge in [-0.3, -0.25) is 14.7 Å². The van der Waals surface area contributed by atoms with E-state index < -0.39 is 0 Å². The minimum atomic E-state index is -0.227. The Morgan fingerprint density at radius 1 is 1.38 bits per heavy atom. The van der Waals surface area contributed by atoms with Crippen LogP contribution >= 0.6 is 0 Å². The van der Waals surface area contributed by atoms with Gasteiger partial charge in [0.25, 0.3) is 11.5 Å². The molecule has 0 saturated carbocycles. The molecule has 0 radical (unpaired) electrons. The SMILES string of the molecule is CCCc1cc(C(=O)N2CCCCC2c2cc(=O)n3[nH]ccc3n2)no1. The summed E-state index contributed by atoms with van der Waals surface area (Å²) in [6.45, 7) is 2.67. The molecule has 1 amide bonds. The Kier molecular flexibility index (Phi) is 4.32. The van der Waals surface area contributed by atoms with Crippen LogP contribution in [-0.2, 0) is 6.42 Å². The van der Waals surface area contributed by atoms with Crippen molar-refractivity contribution >= 4 is 11.6 Å². The normalized spacial score (nSPS) is 17.7. The van der Waals surface area contributed by atoms with Crippen LogP contribution < -0.4 is 5.56 Å². The van der Waals surface area contributed by atoms with Crippen molar-refractivity contribution in [2.75, 3.05) is 6.54 Å². The number of hydrogen-bond acceptors (Lipinski definition) is 5. The molecule has 0 aliphatic carbocycles. The smallest absolute Gasteiger partial charge is 0.276 e. The number of carbonyl (C=O) groups is 1. The van der Waals surface area contributed by atoms with Gasteiger partial charge in [-0.25, -0.2) is 9.50 Å². The Bertz CT molecular complexity index is 986. The molecule has 1 N–H and O–H groups in total. The molecule has 3 aromatic rings. The number of aryl methyl sites for hydroxylation is 1. The van der Waals surface area contributed by atoms with E-state index in [2.05, 4.69) is 15.2 Å². The highest BCUT2D eigenvalue weighted by molar-refractivity contribution is 5.92. The molecule has 1 aliphatic rings. The lowest BCUT2D eigenvalue weighted by Crippen LogP contribution is -2.39. The average Bonchev–Trinajstić information content (AvgIpc) is 3.31. The third-order valence-corrected chi connectivity index (χ3v) is 4.78. The number of likely N-dealkylation sites (tertiary alicyclic amines) is 1. The van der Waals surface area contributed by atoms with Crippen LogP contribution in [0.1, 0.15) is 60.6 Å². The molecule has 0 spiro atoms. The molecule has 1 fully saturated rings. The number of amides is 1. The molecule has 0 aromatic carbocycles. The van der Waals surface area contributed by atoms with Crippen LogP contribution in [0.4, 0.5) is 0 Å². The van der Waals surface area contributed by atoms with Crippen molar-refractivity contribution in [2.24, 2.45) is 0 Å². The van der Waals surface area contributed by atoms with Crippen molar-refractivity contribution in [1.82, 2.24) is 24.7 Å². The van der Waals surface area contributed by atoms with Crippen molar-refractivity contribution < 1.29 is 9.32 Å². The topological polar surface area (TPSA) is 96.5 Å². The summed E-state index contributed by atoms with van der Waals surface area (Å²) in [6.07, 6.45) is 6.04. The molecule has 1 aliphatic heterocycles. The summed E-state index contributed by atoms with van der Waals surface area (Å²) in [5, 5.41) is 6.77. The van der Waals surface area contributed by atoms with E-state index in [0.717, 1.165) is 37.9 Å². The summed E-state index contributed by atoms with van der Waals surface area (Å²) in [4.78, 5) is 31.6. The van der Waals surface area contributed by atoms with E-state index in [0.29, 0.717) is 23.6 Å². The summed E-state index contributed by atoms with van der Waals surface area (Å²) < 4.78 is 6.64. The highest BCUT2D eigenvalue weighted by Crippen LogP contribution is 2.30. The lowest BCUT2D eigenvalue weighted by atomic mass is 9.98. The minimum absolute atomic E-state index is 0.170. The summed E-state index contributed by atoms with van der Waals surface area (Å²) >= 11 is 0. The van der Waals surface area contributed by atoms with Gasteiger partial charge >= 0.3 is 0 Å². The molecular formula is C18H21N5O3. The standard InChI is InChI=1S/C18H21N5O3/c1-2-5-12-10-14(21-26-12)18(25)22-9-4-3-6-15(22)13-11-17(24)23-16(20-13)7-8-19-23/h7-8,10-11,15,19H,2-6,9H2,1H3. The predicted molar refractivity (Wildman–Crippen MR) is 93.9 cm³/mol. The number of nitrogens with one attached hydrogen (secondary N) is 1. The van der Waals surface area contributed by atoms with Crippen LogP contribution in [0.2, 0.25) is 0 Å². The second-order valence-corrected chi connectivity index (χ2v) is 6.61. The number of nitrogens with zero attached hydrogens (tertiary/aromatic N) is 4. The van der Waals surface area contributed by atoms with E-state index in [9.17, 15) is 9.59 Å². The van der Waals surface area contributed by atoms with Crippen molar-refractivity contribution in [3.8, 4) is 0 Å². The summed E-state index contributed by atoms with van der Waals surface area (Å²) in [5.74, 6) is 0.548. The Balaban J connectivity index is 1.66. The number of aromatic nitrogens is 4. The third-order valence-electron chi connectivity index (χ3n) is 4.78. The number of H-pyrrole nitrogens is 1. The van der Waals surface area contributed by atoms with Gasteiger partial charge in [0.1, 0.15) is 5.76 Å². The Morgan fingerprint density at radius 3 is 3.12 bits per heavy atom. The van der Waals surface area contributed by atoms with Gasteiger partial charge in [-0.2, -0.15) is 0 Å². The molecule has 136 valence electrons. The van der Waals surface area contributed by atoms with Gasteiger partial charge in [-0.15, -0.1) is 0 Å². The number of carbonyl (C=O) groups excluding carboxylic acids is 1. The van der Waals surface area contributed by atoms with Crippen LogP contribution in [0.3, 0.4) is 0 Å². The number of aromatic amines is 1. The molecule has 4 heterocycles. The summed E-state index contributed by atoms with van der Waals surface area (Å²) in [5.41, 5.74) is 1.32. The predicted octanol–water partition coefficient (Wildman–Crippen LogP) is 2.33. The van der Waals surface area contributed by atoms with E-state index in [-0.39, 0.29) is 17.5 Å². The molecule has 1 unspecified atom stereocenters. The molecule has 8 heteroatoms. The molecule has 8 nitrogen and oxygen atoms in total. The van der Waals surface area contributed by atoms with E-state index in [1.807, 2.05) is 6.92 Å². The van der Waals surface area contributed by atoms with Crippen molar-refractivity contribution in [1.29, 1.82) is 0 Å². The zero-order valence-electron chi connectivity index (χ0n) is 14.6. The Labute approximate surface area is 149 Å². The maximum Gasteiger partial charge on any atom is 0.276 e. The van der Waals surface area contributed by atoms with Crippen LogP contribution in [0, 0.1) is 0 Å². The third kappa shape index (κ3) is 2.91. The second kappa shape index (κ2) is 6.78. The first-order valence-electron chi connectivity index (χ1n) is 9.01. The first-order chi connectivity index (χ1) is 12.7. The fraction of sp³-hybridized carbons (Fsp3) is 0.444. The van der Waals surface area contributed by atoms with Crippen LogP contribution in [-0.4, -0.2) is 37.1 Å². The van der Waals surface area contributed by atoms with Gasteiger partial charge in [-0.05, 0) is 25.7 Å². The van der Waals surface area contributed by atoms with E-state index in [1.54, 1.807) is 23.2 Å². The molecule has 4 rings (SSSR count). The first-order valence-corrected chi connectivity index (χ1v) is 9.01. The molecular weight excluding hydrogens is 334 g/mol. The van der Waals surface area contributed by atoms with Crippen molar-refractivity contribution in [3.63, 3.8) is 0 Å². The Morgan fingerprint density at radius 2 is 2.27 bits per heavy atom. The first kappa shape index (κ1) is 16.6. The molecule has 0 bridgehead atoms.